The molecular weight excluding hydrogens is 264 g/mol. The smallest absolute Gasteiger partial charge is 0.208 e. The van der Waals surface area contributed by atoms with Crippen LogP contribution in [0.2, 0.25) is 0 Å². The first-order valence-corrected chi connectivity index (χ1v) is 7.42. The molecule has 4 heteroatoms. The van der Waals surface area contributed by atoms with Gasteiger partial charge in [-0.2, -0.15) is 0 Å². The quantitative estimate of drug-likeness (QED) is 0.840. The highest BCUT2D eigenvalue weighted by atomic mass is 16.5. The number of benzene rings is 1. The standard InChI is InChI=1S/C17H24N2O2/c1-12(2)11-20-16-7-5-15(6-8-16)14(4)18-10-17-19-9-13(3)21-17/h5-9,12,14,18H,10-11H2,1-4H3. The van der Waals surface area contributed by atoms with Crippen LogP contribution in [0.5, 0.6) is 5.75 Å². The van der Waals surface area contributed by atoms with Crippen molar-refractivity contribution in [3.63, 3.8) is 0 Å². The highest BCUT2D eigenvalue weighted by molar-refractivity contribution is 5.29. The van der Waals surface area contributed by atoms with Crippen LogP contribution in [0.3, 0.4) is 0 Å². The fourth-order valence-corrected chi connectivity index (χ4v) is 1.96. The summed E-state index contributed by atoms with van der Waals surface area (Å²) in [4.78, 5) is 4.19. The Morgan fingerprint density at radius 1 is 1.19 bits per heavy atom. The monoisotopic (exact) mass is 288 g/mol. The fraction of sp³-hybridized carbons (Fsp3) is 0.471. The van der Waals surface area contributed by atoms with E-state index in [1.165, 1.54) is 5.56 Å². The third kappa shape index (κ3) is 4.90. The summed E-state index contributed by atoms with van der Waals surface area (Å²) in [6.07, 6.45) is 1.74. The van der Waals surface area contributed by atoms with Crippen molar-refractivity contribution in [3.05, 3.63) is 47.7 Å². The molecular formula is C17H24N2O2. The lowest BCUT2D eigenvalue weighted by Crippen LogP contribution is -2.18. The Bertz CT molecular complexity index is 546. The zero-order valence-electron chi connectivity index (χ0n) is 13.2. The lowest BCUT2D eigenvalue weighted by Gasteiger charge is -2.14. The van der Waals surface area contributed by atoms with Gasteiger partial charge in [0.05, 0.1) is 19.3 Å². The van der Waals surface area contributed by atoms with E-state index in [9.17, 15) is 0 Å². The maximum absolute atomic E-state index is 5.69. The summed E-state index contributed by atoms with van der Waals surface area (Å²) in [6, 6.07) is 8.45. The maximum Gasteiger partial charge on any atom is 0.208 e. The highest BCUT2D eigenvalue weighted by Crippen LogP contribution is 2.18. The Labute approximate surface area is 126 Å². The van der Waals surface area contributed by atoms with Crippen LogP contribution in [0.15, 0.2) is 34.9 Å². The van der Waals surface area contributed by atoms with Crippen LogP contribution in [0, 0.1) is 12.8 Å². The average molecular weight is 288 g/mol. The topological polar surface area (TPSA) is 47.3 Å². The van der Waals surface area contributed by atoms with E-state index in [-0.39, 0.29) is 6.04 Å². The molecule has 1 aromatic carbocycles. The van der Waals surface area contributed by atoms with Gasteiger partial charge >= 0.3 is 0 Å². The van der Waals surface area contributed by atoms with Gasteiger partial charge in [-0.15, -0.1) is 0 Å². The van der Waals surface area contributed by atoms with Crippen molar-refractivity contribution in [2.45, 2.75) is 40.3 Å². The molecule has 21 heavy (non-hydrogen) atoms. The molecule has 1 unspecified atom stereocenters. The highest BCUT2D eigenvalue weighted by Gasteiger charge is 2.07. The number of ether oxygens (including phenoxy) is 1. The minimum absolute atomic E-state index is 0.233. The van der Waals surface area contributed by atoms with E-state index < -0.39 is 0 Å². The van der Waals surface area contributed by atoms with E-state index in [2.05, 4.69) is 43.2 Å². The second-order valence-electron chi connectivity index (χ2n) is 5.74. The van der Waals surface area contributed by atoms with Gasteiger partial charge in [-0.1, -0.05) is 26.0 Å². The Morgan fingerprint density at radius 2 is 1.90 bits per heavy atom. The second kappa shape index (κ2) is 7.27. The van der Waals surface area contributed by atoms with Gasteiger partial charge in [0, 0.05) is 6.04 Å². The summed E-state index contributed by atoms with van der Waals surface area (Å²) in [7, 11) is 0. The number of nitrogens with zero attached hydrogens (tertiary/aromatic N) is 1. The third-order valence-electron chi connectivity index (χ3n) is 3.19. The SMILES string of the molecule is Cc1cnc(CNC(C)c2ccc(OCC(C)C)cc2)o1. The molecule has 0 aliphatic carbocycles. The first-order chi connectivity index (χ1) is 10.0. The molecule has 114 valence electrons. The molecule has 1 heterocycles. The van der Waals surface area contributed by atoms with Crippen LogP contribution in [-0.4, -0.2) is 11.6 Å². The Morgan fingerprint density at radius 3 is 2.48 bits per heavy atom. The number of rotatable bonds is 7. The van der Waals surface area contributed by atoms with Gasteiger partial charge in [-0.05, 0) is 37.5 Å². The van der Waals surface area contributed by atoms with Crippen molar-refractivity contribution in [3.8, 4) is 5.75 Å². The molecule has 0 radical (unpaired) electrons. The molecule has 4 nitrogen and oxygen atoms in total. The van der Waals surface area contributed by atoms with Gasteiger partial charge in [0.2, 0.25) is 5.89 Å². The van der Waals surface area contributed by atoms with Crippen LogP contribution in [0.1, 0.15) is 44.0 Å². The molecule has 2 aromatic rings. The predicted molar refractivity (Wildman–Crippen MR) is 83.3 cm³/mol. The van der Waals surface area contributed by atoms with Gasteiger partial charge in [0.25, 0.3) is 0 Å². The van der Waals surface area contributed by atoms with Gasteiger partial charge in [-0.3, -0.25) is 0 Å². The molecule has 1 N–H and O–H groups in total. The van der Waals surface area contributed by atoms with Crippen LogP contribution in [0.25, 0.3) is 0 Å². The Hall–Kier alpha value is -1.81. The molecule has 2 rings (SSSR count). The van der Waals surface area contributed by atoms with E-state index in [1.807, 2.05) is 19.1 Å². The molecule has 0 aliphatic rings. The zero-order chi connectivity index (χ0) is 15.2. The fourth-order valence-electron chi connectivity index (χ4n) is 1.96. The number of aryl methyl sites for hydroxylation is 1. The van der Waals surface area contributed by atoms with Crippen molar-refractivity contribution < 1.29 is 9.15 Å². The second-order valence-corrected chi connectivity index (χ2v) is 5.74. The summed E-state index contributed by atoms with van der Waals surface area (Å²) in [5.74, 6) is 3.01. The van der Waals surface area contributed by atoms with Gasteiger partial charge in [0.1, 0.15) is 11.5 Å². The Kier molecular flexibility index (Phi) is 5.39. The average Bonchev–Trinajstić information content (AvgIpc) is 2.89. The van der Waals surface area contributed by atoms with E-state index in [0.29, 0.717) is 12.5 Å². The largest absolute Gasteiger partial charge is 0.493 e. The van der Waals surface area contributed by atoms with Crippen LogP contribution < -0.4 is 10.1 Å². The predicted octanol–water partition coefficient (Wildman–Crippen LogP) is 3.87. The first kappa shape index (κ1) is 15.6. The number of hydrogen-bond acceptors (Lipinski definition) is 4. The van der Waals surface area contributed by atoms with Crippen LogP contribution in [-0.2, 0) is 6.54 Å². The van der Waals surface area contributed by atoms with Crippen LogP contribution in [0.4, 0.5) is 0 Å². The van der Waals surface area contributed by atoms with E-state index in [4.69, 9.17) is 9.15 Å². The number of hydrogen-bond donors (Lipinski definition) is 1. The summed E-state index contributed by atoms with van der Waals surface area (Å²) in [6.45, 7) is 9.68. The van der Waals surface area contributed by atoms with Crippen molar-refractivity contribution in [1.82, 2.24) is 10.3 Å². The number of nitrogens with one attached hydrogen (secondary N) is 1. The molecule has 0 aliphatic heterocycles. The first-order valence-electron chi connectivity index (χ1n) is 7.42. The van der Waals surface area contributed by atoms with Crippen molar-refractivity contribution in [2.75, 3.05) is 6.61 Å². The summed E-state index contributed by atoms with van der Waals surface area (Å²) in [5, 5.41) is 3.40. The molecule has 0 spiro atoms. The lowest BCUT2D eigenvalue weighted by atomic mass is 10.1. The number of oxazole rings is 1. The van der Waals surface area contributed by atoms with Crippen molar-refractivity contribution in [1.29, 1.82) is 0 Å². The van der Waals surface area contributed by atoms with E-state index in [1.54, 1.807) is 6.20 Å². The molecule has 0 amide bonds. The summed E-state index contributed by atoms with van der Waals surface area (Å²) < 4.78 is 11.1. The van der Waals surface area contributed by atoms with Gasteiger partial charge < -0.3 is 14.5 Å². The number of aromatic nitrogens is 1. The molecule has 0 saturated heterocycles. The summed E-state index contributed by atoms with van der Waals surface area (Å²) in [5.41, 5.74) is 1.22. The summed E-state index contributed by atoms with van der Waals surface area (Å²) >= 11 is 0. The molecule has 0 bridgehead atoms. The third-order valence-corrected chi connectivity index (χ3v) is 3.19. The maximum atomic E-state index is 5.69. The molecule has 1 atom stereocenters. The molecule has 0 fully saturated rings. The van der Waals surface area contributed by atoms with Crippen LogP contribution >= 0.6 is 0 Å². The Balaban J connectivity index is 1.85. The minimum Gasteiger partial charge on any atom is -0.493 e. The van der Waals surface area contributed by atoms with Gasteiger partial charge in [-0.25, -0.2) is 4.98 Å². The van der Waals surface area contributed by atoms with Crippen molar-refractivity contribution in [2.24, 2.45) is 5.92 Å². The van der Waals surface area contributed by atoms with Crippen molar-refractivity contribution >= 4 is 0 Å². The van der Waals surface area contributed by atoms with Gasteiger partial charge in [0.15, 0.2) is 0 Å². The van der Waals surface area contributed by atoms with E-state index in [0.717, 1.165) is 24.0 Å². The lowest BCUT2D eigenvalue weighted by molar-refractivity contribution is 0.271. The molecule has 0 saturated carbocycles. The minimum atomic E-state index is 0.233. The zero-order valence-corrected chi connectivity index (χ0v) is 13.2. The normalized spacial score (nSPS) is 12.6. The molecule has 1 aromatic heterocycles. The van der Waals surface area contributed by atoms with E-state index >= 15 is 0 Å².